The predicted molar refractivity (Wildman–Crippen MR) is 85.2 cm³/mol. The van der Waals surface area contributed by atoms with E-state index >= 15 is 0 Å². The Morgan fingerprint density at radius 3 is 2.09 bits per heavy atom. The van der Waals surface area contributed by atoms with E-state index in [4.69, 9.17) is 11.6 Å². The Morgan fingerprint density at radius 2 is 1.55 bits per heavy atom. The van der Waals surface area contributed by atoms with Gasteiger partial charge in [0, 0.05) is 11.6 Å². The molecule has 2 rings (SSSR count). The minimum Gasteiger partial charge on any atom is -0.448 e. The molecule has 0 atom stereocenters. The summed E-state index contributed by atoms with van der Waals surface area (Å²) in [6, 6.07) is 16.8. The number of sulfone groups is 1. The zero-order valence-electron chi connectivity index (χ0n) is 11.5. The molecule has 6 heteroatoms. The van der Waals surface area contributed by atoms with Gasteiger partial charge in [0.2, 0.25) is 9.84 Å². The number of benzene rings is 2. The quantitative estimate of drug-likeness (QED) is 0.777. The van der Waals surface area contributed by atoms with Gasteiger partial charge in [-0.15, -0.1) is 0 Å². The van der Waals surface area contributed by atoms with Crippen molar-refractivity contribution in [1.29, 1.82) is 0 Å². The smallest absolute Gasteiger partial charge is 0.404 e. The third-order valence-electron chi connectivity index (χ3n) is 2.85. The highest BCUT2D eigenvalue weighted by atomic mass is 35.5. The molecule has 0 saturated carbocycles. The molecular weight excluding hydrogens is 324 g/mol. The number of ether oxygens (including phenoxy) is 1. The Hall–Kier alpha value is -2.11. The molecule has 0 spiro atoms. The van der Waals surface area contributed by atoms with E-state index < -0.39 is 21.9 Å². The Labute approximate surface area is 133 Å². The van der Waals surface area contributed by atoms with Crippen molar-refractivity contribution >= 4 is 32.9 Å². The van der Waals surface area contributed by atoms with E-state index in [0.717, 1.165) is 0 Å². The van der Waals surface area contributed by atoms with Crippen molar-refractivity contribution in [3.63, 3.8) is 0 Å². The lowest BCUT2D eigenvalue weighted by atomic mass is 10.2. The second-order valence-corrected chi connectivity index (χ2v) is 6.68. The van der Waals surface area contributed by atoms with Gasteiger partial charge >= 0.3 is 5.43 Å². The number of hydrogen-bond donors (Lipinski definition) is 0. The Balaban J connectivity index is 2.44. The summed E-state index contributed by atoms with van der Waals surface area (Å²) in [5.41, 5.74) is -0.371. The van der Waals surface area contributed by atoms with Crippen LogP contribution in [0.4, 0.5) is 4.79 Å². The molecule has 0 aliphatic heterocycles. The van der Waals surface area contributed by atoms with Crippen molar-refractivity contribution in [2.24, 2.45) is 0 Å². The van der Waals surface area contributed by atoms with Gasteiger partial charge in [0.15, 0.2) is 0 Å². The largest absolute Gasteiger partial charge is 0.448 e. The molecule has 0 bridgehead atoms. The van der Waals surface area contributed by atoms with Crippen molar-refractivity contribution in [3.05, 3.63) is 71.1 Å². The fourth-order valence-corrected chi connectivity index (χ4v) is 3.19. The molecule has 0 unspecified atom stereocenters. The number of carbonyl (C=O) groups excluding carboxylic acids is 1. The van der Waals surface area contributed by atoms with Crippen LogP contribution in [0.15, 0.2) is 70.5 Å². The van der Waals surface area contributed by atoms with Gasteiger partial charge in [-0.2, -0.15) is 0 Å². The average molecular weight is 337 g/mol. The summed E-state index contributed by atoms with van der Waals surface area (Å²) in [7, 11) is -3.77. The molecule has 0 saturated heterocycles. The zero-order valence-corrected chi connectivity index (χ0v) is 13.0. The first-order chi connectivity index (χ1) is 10.5. The topological polar surface area (TPSA) is 60.4 Å². The van der Waals surface area contributed by atoms with Gasteiger partial charge in [-0.3, -0.25) is 0 Å². The molecule has 4 nitrogen and oxygen atoms in total. The number of hydrogen-bond acceptors (Lipinski definition) is 4. The summed E-state index contributed by atoms with van der Waals surface area (Å²) in [6.45, 7) is -0.422. The lowest BCUT2D eigenvalue weighted by Gasteiger charge is -2.09. The summed E-state index contributed by atoms with van der Waals surface area (Å²) >= 11 is 5.14. The van der Waals surface area contributed by atoms with Crippen LogP contribution in [0.2, 0.25) is 0 Å². The van der Waals surface area contributed by atoms with Gasteiger partial charge in [-0.05, 0) is 23.8 Å². The average Bonchev–Trinajstić information content (AvgIpc) is 2.53. The Bertz CT molecular complexity index is 768. The summed E-state index contributed by atoms with van der Waals surface area (Å²) in [4.78, 5) is 10.9. The minimum atomic E-state index is -3.77. The van der Waals surface area contributed by atoms with Crippen LogP contribution in [0, 0.1) is 0 Å². The highest BCUT2D eigenvalue weighted by Gasteiger charge is 2.21. The molecule has 0 aromatic heterocycles. The van der Waals surface area contributed by atoms with Gasteiger partial charge in [-0.1, -0.05) is 48.5 Å². The second kappa shape index (κ2) is 7.24. The Kier molecular flexibility index (Phi) is 5.35. The maximum absolute atomic E-state index is 12.6. The van der Waals surface area contributed by atoms with Gasteiger partial charge in [-0.25, -0.2) is 13.2 Å². The molecule has 0 radical (unpaired) electrons. The van der Waals surface area contributed by atoms with Crippen molar-refractivity contribution in [2.45, 2.75) is 4.90 Å². The highest BCUT2D eigenvalue weighted by molar-refractivity contribution is 7.95. The summed E-state index contributed by atoms with van der Waals surface area (Å²) < 4.78 is 30.0. The van der Waals surface area contributed by atoms with E-state index in [1.54, 1.807) is 42.5 Å². The van der Waals surface area contributed by atoms with Crippen molar-refractivity contribution < 1.29 is 17.9 Å². The second-order valence-electron chi connectivity index (χ2n) is 4.36. The highest BCUT2D eigenvalue weighted by Crippen LogP contribution is 2.22. The van der Waals surface area contributed by atoms with E-state index in [2.05, 4.69) is 4.74 Å². The van der Waals surface area contributed by atoms with Crippen LogP contribution in [0.3, 0.4) is 0 Å². The van der Waals surface area contributed by atoms with Crippen molar-refractivity contribution in [1.82, 2.24) is 0 Å². The molecule has 0 aliphatic carbocycles. The molecule has 2 aromatic carbocycles. The fraction of sp³-hybridized carbons (Fsp3) is 0.0625. The van der Waals surface area contributed by atoms with E-state index in [1.165, 1.54) is 18.2 Å². The summed E-state index contributed by atoms with van der Waals surface area (Å²) in [6.07, 6.45) is 1.46. The molecule has 2 aromatic rings. The van der Waals surface area contributed by atoms with Crippen LogP contribution >= 0.6 is 11.6 Å². The number of carbonyl (C=O) groups is 1. The molecule has 0 aliphatic rings. The number of rotatable bonds is 5. The first-order valence-corrected chi connectivity index (χ1v) is 8.24. The molecule has 114 valence electrons. The lowest BCUT2D eigenvalue weighted by Crippen LogP contribution is -2.11. The maximum atomic E-state index is 12.6. The standard InChI is InChI=1S/C16H13ClO4S/c17-16(18)21-12-15(11-13-7-3-1-4-8-13)22(19,20)14-9-5-2-6-10-14/h1-11H,12H2. The normalized spacial score (nSPS) is 12.0. The van der Waals surface area contributed by atoms with Crippen molar-refractivity contribution in [2.75, 3.05) is 6.61 Å². The van der Waals surface area contributed by atoms with Crippen molar-refractivity contribution in [3.8, 4) is 0 Å². The monoisotopic (exact) mass is 336 g/mol. The fourth-order valence-electron chi connectivity index (χ4n) is 1.81. The molecule has 0 heterocycles. The molecule has 22 heavy (non-hydrogen) atoms. The minimum absolute atomic E-state index is 0.0427. The van der Waals surface area contributed by atoms with E-state index in [-0.39, 0.29) is 9.80 Å². The first-order valence-electron chi connectivity index (χ1n) is 6.38. The van der Waals surface area contributed by atoms with E-state index in [0.29, 0.717) is 5.56 Å². The first kappa shape index (κ1) is 16.3. The zero-order chi connectivity index (χ0) is 16.0. The summed E-state index contributed by atoms with van der Waals surface area (Å²) in [5, 5.41) is 0. The Morgan fingerprint density at radius 1 is 1.00 bits per heavy atom. The lowest BCUT2D eigenvalue weighted by molar-refractivity contribution is 0.185. The van der Waals surface area contributed by atoms with E-state index in [9.17, 15) is 13.2 Å². The van der Waals surface area contributed by atoms with Gasteiger partial charge in [0.25, 0.3) is 0 Å². The summed E-state index contributed by atoms with van der Waals surface area (Å²) in [5.74, 6) is 0. The third kappa shape index (κ3) is 4.19. The van der Waals surface area contributed by atoms with Gasteiger partial charge < -0.3 is 4.74 Å². The van der Waals surface area contributed by atoms with Crippen LogP contribution in [-0.4, -0.2) is 20.5 Å². The number of halogens is 1. The molecule has 0 fully saturated rings. The molecular formula is C16H13ClO4S. The van der Waals surface area contributed by atoms with Crippen LogP contribution in [-0.2, 0) is 14.6 Å². The predicted octanol–water partition coefficient (Wildman–Crippen LogP) is 3.88. The van der Waals surface area contributed by atoms with Gasteiger partial charge in [0.1, 0.15) is 6.61 Å². The van der Waals surface area contributed by atoms with Crippen LogP contribution in [0.5, 0.6) is 0 Å². The van der Waals surface area contributed by atoms with Crippen LogP contribution in [0.1, 0.15) is 5.56 Å². The maximum Gasteiger partial charge on any atom is 0.404 e. The van der Waals surface area contributed by atoms with Gasteiger partial charge in [0.05, 0.1) is 9.80 Å². The van der Waals surface area contributed by atoms with Crippen LogP contribution in [0.25, 0.3) is 6.08 Å². The molecule has 0 amide bonds. The van der Waals surface area contributed by atoms with Crippen LogP contribution < -0.4 is 0 Å². The third-order valence-corrected chi connectivity index (χ3v) is 4.78. The molecule has 0 N–H and O–H groups in total. The van der Waals surface area contributed by atoms with E-state index in [1.807, 2.05) is 6.07 Å². The SMILES string of the molecule is O=C(Cl)OCC(=Cc1ccccc1)S(=O)(=O)c1ccccc1.